The van der Waals surface area contributed by atoms with E-state index < -0.39 is 18.0 Å². The van der Waals surface area contributed by atoms with Gasteiger partial charge in [-0.15, -0.1) is 0 Å². The van der Waals surface area contributed by atoms with E-state index in [0.717, 1.165) is 10.8 Å². The second-order valence-corrected chi connectivity index (χ2v) is 6.70. The topological polar surface area (TPSA) is 73.9 Å². The third-order valence-electron chi connectivity index (χ3n) is 4.34. The van der Waals surface area contributed by atoms with Crippen molar-refractivity contribution < 1.29 is 23.8 Å². The first-order valence-corrected chi connectivity index (χ1v) is 9.23. The fourth-order valence-corrected chi connectivity index (χ4v) is 3.12. The van der Waals surface area contributed by atoms with Crippen LogP contribution in [0.4, 0.5) is 5.69 Å². The zero-order valence-electron chi connectivity index (χ0n) is 16.2. The van der Waals surface area contributed by atoms with E-state index in [1.807, 2.05) is 36.4 Å². The Morgan fingerprint density at radius 3 is 2.38 bits per heavy atom. The third-order valence-corrected chi connectivity index (χ3v) is 4.62. The van der Waals surface area contributed by atoms with Gasteiger partial charge in [-0.3, -0.25) is 4.79 Å². The standard InChI is InChI=1S/C22H20ClNO5/c1-13(21(25)24-17-9-8-14-6-4-5-7-15(14)10-17)29-22(26)16-11-18(23)20(28-3)19(12-16)27-2/h4-13H,1-3H3,(H,24,25)/t13-/m0/s1. The number of ether oxygens (including phenoxy) is 3. The molecule has 0 aromatic heterocycles. The lowest BCUT2D eigenvalue weighted by Crippen LogP contribution is -2.30. The van der Waals surface area contributed by atoms with Crippen molar-refractivity contribution in [2.75, 3.05) is 19.5 Å². The Balaban J connectivity index is 1.70. The van der Waals surface area contributed by atoms with Crippen LogP contribution >= 0.6 is 11.6 Å². The van der Waals surface area contributed by atoms with Crippen molar-refractivity contribution >= 4 is 39.9 Å². The van der Waals surface area contributed by atoms with Crippen LogP contribution in [0.5, 0.6) is 11.5 Å². The zero-order chi connectivity index (χ0) is 21.0. The van der Waals surface area contributed by atoms with E-state index in [-0.39, 0.29) is 10.6 Å². The van der Waals surface area contributed by atoms with E-state index in [1.165, 1.54) is 33.3 Å². The van der Waals surface area contributed by atoms with E-state index in [0.29, 0.717) is 17.2 Å². The van der Waals surface area contributed by atoms with Crippen LogP contribution in [0.15, 0.2) is 54.6 Å². The van der Waals surface area contributed by atoms with Gasteiger partial charge in [-0.1, -0.05) is 41.9 Å². The fraction of sp³-hybridized carbons (Fsp3) is 0.182. The molecule has 7 heteroatoms. The first kappa shape index (κ1) is 20.5. The van der Waals surface area contributed by atoms with Gasteiger partial charge in [0.2, 0.25) is 0 Å². The lowest BCUT2D eigenvalue weighted by Gasteiger charge is -2.15. The quantitative estimate of drug-likeness (QED) is 0.593. The monoisotopic (exact) mass is 413 g/mol. The number of anilines is 1. The van der Waals surface area contributed by atoms with Gasteiger partial charge in [0.15, 0.2) is 17.6 Å². The van der Waals surface area contributed by atoms with Crippen molar-refractivity contribution in [2.45, 2.75) is 13.0 Å². The summed E-state index contributed by atoms with van der Waals surface area (Å²) in [6, 6.07) is 16.2. The molecular weight excluding hydrogens is 394 g/mol. The highest BCUT2D eigenvalue weighted by atomic mass is 35.5. The number of rotatable bonds is 6. The molecule has 0 aliphatic carbocycles. The third kappa shape index (κ3) is 4.60. The molecule has 0 aliphatic rings. The predicted molar refractivity (Wildman–Crippen MR) is 112 cm³/mol. The number of methoxy groups -OCH3 is 2. The van der Waals surface area contributed by atoms with Crippen molar-refractivity contribution in [2.24, 2.45) is 0 Å². The molecule has 0 bridgehead atoms. The van der Waals surface area contributed by atoms with Crippen molar-refractivity contribution in [3.05, 3.63) is 65.2 Å². The largest absolute Gasteiger partial charge is 0.493 e. The van der Waals surface area contributed by atoms with E-state index >= 15 is 0 Å². The average molecular weight is 414 g/mol. The molecular formula is C22H20ClNO5. The number of carbonyl (C=O) groups is 2. The summed E-state index contributed by atoms with van der Waals surface area (Å²) in [7, 11) is 2.88. The number of fused-ring (bicyclic) bond motifs is 1. The highest BCUT2D eigenvalue weighted by Gasteiger charge is 2.21. The molecule has 0 heterocycles. The maximum atomic E-state index is 12.4. The number of amides is 1. The smallest absolute Gasteiger partial charge is 0.339 e. The van der Waals surface area contributed by atoms with Crippen molar-refractivity contribution in [1.29, 1.82) is 0 Å². The molecule has 6 nitrogen and oxygen atoms in total. The van der Waals surface area contributed by atoms with Crippen LogP contribution < -0.4 is 14.8 Å². The zero-order valence-corrected chi connectivity index (χ0v) is 16.9. The lowest BCUT2D eigenvalue weighted by molar-refractivity contribution is -0.123. The molecule has 150 valence electrons. The maximum absolute atomic E-state index is 12.4. The molecule has 1 N–H and O–H groups in total. The Labute approximate surface area is 173 Å². The normalized spacial score (nSPS) is 11.6. The van der Waals surface area contributed by atoms with Gasteiger partial charge in [-0.2, -0.15) is 0 Å². The van der Waals surface area contributed by atoms with E-state index in [2.05, 4.69) is 5.32 Å². The molecule has 29 heavy (non-hydrogen) atoms. The van der Waals surface area contributed by atoms with Crippen LogP contribution in [-0.4, -0.2) is 32.2 Å². The average Bonchev–Trinajstić information content (AvgIpc) is 2.72. The first-order valence-electron chi connectivity index (χ1n) is 8.85. The minimum absolute atomic E-state index is 0.151. The maximum Gasteiger partial charge on any atom is 0.339 e. The van der Waals surface area contributed by atoms with Crippen LogP contribution in [0.25, 0.3) is 10.8 Å². The number of halogens is 1. The minimum Gasteiger partial charge on any atom is -0.493 e. The van der Waals surface area contributed by atoms with Gasteiger partial charge in [0.25, 0.3) is 5.91 Å². The molecule has 1 atom stereocenters. The molecule has 0 spiro atoms. The Morgan fingerprint density at radius 2 is 1.69 bits per heavy atom. The lowest BCUT2D eigenvalue weighted by atomic mass is 10.1. The van der Waals surface area contributed by atoms with Crippen LogP contribution in [-0.2, 0) is 9.53 Å². The molecule has 3 aromatic carbocycles. The van der Waals surface area contributed by atoms with Crippen molar-refractivity contribution in [3.8, 4) is 11.5 Å². The van der Waals surface area contributed by atoms with Crippen LogP contribution in [0.2, 0.25) is 5.02 Å². The van der Waals surface area contributed by atoms with E-state index in [4.69, 9.17) is 25.8 Å². The summed E-state index contributed by atoms with van der Waals surface area (Å²) in [5, 5.41) is 5.02. The summed E-state index contributed by atoms with van der Waals surface area (Å²) in [6.45, 7) is 1.50. The number of benzene rings is 3. The molecule has 3 rings (SSSR count). The Kier molecular flexibility index (Phi) is 6.24. The molecule has 0 saturated carbocycles. The molecule has 1 amide bonds. The minimum atomic E-state index is -1.01. The molecule has 0 fully saturated rings. The predicted octanol–water partition coefficient (Wildman–Crippen LogP) is 4.69. The first-order chi connectivity index (χ1) is 13.9. The number of nitrogens with one attached hydrogen (secondary N) is 1. The van der Waals surface area contributed by atoms with Gasteiger partial charge in [0, 0.05) is 5.69 Å². The van der Waals surface area contributed by atoms with Gasteiger partial charge in [-0.05, 0) is 42.0 Å². The number of hydrogen-bond donors (Lipinski definition) is 1. The van der Waals surface area contributed by atoms with Gasteiger partial charge in [0.05, 0.1) is 24.8 Å². The molecule has 0 radical (unpaired) electrons. The molecule has 0 unspecified atom stereocenters. The summed E-state index contributed by atoms with van der Waals surface area (Å²) in [5.74, 6) is -0.540. The Morgan fingerprint density at radius 1 is 0.966 bits per heavy atom. The number of carbonyl (C=O) groups excluding carboxylic acids is 2. The summed E-state index contributed by atoms with van der Waals surface area (Å²) >= 11 is 6.12. The van der Waals surface area contributed by atoms with Crippen LogP contribution in [0.1, 0.15) is 17.3 Å². The van der Waals surface area contributed by atoms with E-state index in [9.17, 15) is 9.59 Å². The second kappa shape index (κ2) is 8.84. The molecule has 3 aromatic rings. The Hall–Kier alpha value is -3.25. The second-order valence-electron chi connectivity index (χ2n) is 6.29. The van der Waals surface area contributed by atoms with Gasteiger partial charge >= 0.3 is 5.97 Å². The van der Waals surface area contributed by atoms with Gasteiger partial charge in [-0.25, -0.2) is 4.79 Å². The fourth-order valence-electron chi connectivity index (χ4n) is 2.83. The van der Waals surface area contributed by atoms with E-state index in [1.54, 1.807) is 6.07 Å². The van der Waals surface area contributed by atoms with Crippen molar-refractivity contribution in [1.82, 2.24) is 0 Å². The summed E-state index contributed by atoms with van der Waals surface area (Å²) in [6.07, 6.45) is -1.01. The molecule has 0 aliphatic heterocycles. The van der Waals surface area contributed by atoms with Crippen molar-refractivity contribution in [3.63, 3.8) is 0 Å². The van der Waals surface area contributed by atoms with Crippen LogP contribution in [0, 0.1) is 0 Å². The van der Waals surface area contributed by atoms with Gasteiger partial charge < -0.3 is 19.5 Å². The summed E-state index contributed by atoms with van der Waals surface area (Å²) in [5.41, 5.74) is 0.767. The summed E-state index contributed by atoms with van der Waals surface area (Å²) in [4.78, 5) is 24.9. The summed E-state index contributed by atoms with van der Waals surface area (Å²) < 4.78 is 15.6. The van der Waals surface area contributed by atoms with Crippen LogP contribution in [0.3, 0.4) is 0 Å². The Bertz CT molecular complexity index is 1070. The molecule has 0 saturated heterocycles. The highest BCUT2D eigenvalue weighted by Crippen LogP contribution is 2.36. The number of hydrogen-bond acceptors (Lipinski definition) is 5. The number of esters is 1. The van der Waals surface area contributed by atoms with Gasteiger partial charge in [0.1, 0.15) is 0 Å². The highest BCUT2D eigenvalue weighted by molar-refractivity contribution is 6.32. The SMILES string of the molecule is COc1cc(C(=O)O[C@@H](C)C(=O)Nc2ccc3ccccc3c2)cc(Cl)c1OC.